The summed E-state index contributed by atoms with van der Waals surface area (Å²) < 4.78 is 28.4. The molecule has 0 aliphatic carbocycles. The van der Waals surface area contributed by atoms with Crippen LogP contribution in [0.15, 0.2) is 29.2 Å². The molecule has 2 heterocycles. The number of amides is 2. The molecule has 1 N–H and O–H groups in total. The summed E-state index contributed by atoms with van der Waals surface area (Å²) in [7, 11) is -1.52. The Hall–Kier alpha value is -1.91. The van der Waals surface area contributed by atoms with Crippen LogP contribution in [0, 0.1) is 0 Å². The second-order valence-electron chi connectivity index (χ2n) is 6.21. The molecule has 0 spiro atoms. The van der Waals surface area contributed by atoms with E-state index in [0.717, 1.165) is 17.3 Å². The average Bonchev–Trinajstić information content (AvgIpc) is 3.08. The first-order valence-electron chi connectivity index (χ1n) is 8.16. The standard InChI is InChI=1S/C17H18N2O5S3/c1-24-13-4-2-3-11(7-13)8-14-16(21)19(17(25)26-14)9-15(20)18-12-5-6-27(22,23)10-12/h2-4,7-8,12H,5-6,9-10H2,1H3,(H,18,20)/b14-8-/t12-/m0/s1. The van der Waals surface area contributed by atoms with Crippen LogP contribution >= 0.6 is 24.0 Å². The van der Waals surface area contributed by atoms with Crippen LogP contribution < -0.4 is 10.1 Å². The number of hydrogen-bond acceptors (Lipinski definition) is 7. The molecule has 2 aliphatic rings. The smallest absolute Gasteiger partial charge is 0.266 e. The van der Waals surface area contributed by atoms with Crippen molar-refractivity contribution in [3.8, 4) is 5.75 Å². The Morgan fingerprint density at radius 2 is 2.26 bits per heavy atom. The van der Waals surface area contributed by atoms with Crippen molar-refractivity contribution in [1.29, 1.82) is 0 Å². The van der Waals surface area contributed by atoms with E-state index in [1.807, 2.05) is 12.1 Å². The predicted octanol–water partition coefficient (Wildman–Crippen LogP) is 1.20. The molecule has 0 radical (unpaired) electrons. The van der Waals surface area contributed by atoms with Gasteiger partial charge in [-0.2, -0.15) is 0 Å². The van der Waals surface area contributed by atoms with Gasteiger partial charge in [-0.1, -0.05) is 36.1 Å². The largest absolute Gasteiger partial charge is 0.497 e. The van der Waals surface area contributed by atoms with Crippen LogP contribution in [0.3, 0.4) is 0 Å². The minimum atomic E-state index is -3.08. The van der Waals surface area contributed by atoms with Crippen LogP contribution in [0.25, 0.3) is 6.08 Å². The molecular formula is C17H18N2O5S3. The Kier molecular flexibility index (Phi) is 5.87. The number of methoxy groups -OCH3 is 1. The van der Waals surface area contributed by atoms with Gasteiger partial charge >= 0.3 is 0 Å². The number of hydrogen-bond donors (Lipinski definition) is 1. The zero-order chi connectivity index (χ0) is 19.6. The molecular weight excluding hydrogens is 408 g/mol. The molecule has 144 valence electrons. The van der Waals surface area contributed by atoms with Gasteiger partial charge in [-0.15, -0.1) is 0 Å². The molecule has 0 bridgehead atoms. The Labute approximate surface area is 167 Å². The molecule has 2 saturated heterocycles. The minimum absolute atomic E-state index is 0.0626. The summed E-state index contributed by atoms with van der Waals surface area (Å²) in [5.74, 6) is -0.0852. The monoisotopic (exact) mass is 426 g/mol. The number of ether oxygens (including phenoxy) is 1. The fraction of sp³-hybridized carbons (Fsp3) is 0.353. The fourth-order valence-electron chi connectivity index (χ4n) is 2.84. The summed E-state index contributed by atoms with van der Waals surface area (Å²) >= 11 is 6.35. The van der Waals surface area contributed by atoms with Gasteiger partial charge in [-0.05, 0) is 30.2 Å². The highest BCUT2D eigenvalue weighted by Gasteiger charge is 2.35. The van der Waals surface area contributed by atoms with Crippen molar-refractivity contribution in [3.05, 3.63) is 34.7 Å². The molecule has 27 heavy (non-hydrogen) atoms. The van der Waals surface area contributed by atoms with Crippen molar-refractivity contribution in [2.45, 2.75) is 12.5 Å². The number of carbonyl (C=O) groups is 2. The van der Waals surface area contributed by atoms with Crippen molar-refractivity contribution in [2.24, 2.45) is 0 Å². The first-order chi connectivity index (χ1) is 12.8. The second kappa shape index (κ2) is 7.99. The molecule has 3 rings (SSSR count). The van der Waals surface area contributed by atoms with Crippen molar-refractivity contribution >= 4 is 56.0 Å². The van der Waals surface area contributed by atoms with E-state index in [2.05, 4.69) is 5.32 Å². The summed E-state index contributed by atoms with van der Waals surface area (Å²) in [5, 5.41) is 2.67. The molecule has 0 saturated carbocycles. The molecule has 2 amide bonds. The van der Waals surface area contributed by atoms with Crippen LogP contribution in [0.2, 0.25) is 0 Å². The number of benzene rings is 1. The summed E-state index contributed by atoms with van der Waals surface area (Å²) in [4.78, 5) is 26.4. The van der Waals surface area contributed by atoms with Crippen LogP contribution in [0.1, 0.15) is 12.0 Å². The van der Waals surface area contributed by atoms with Crippen molar-refractivity contribution < 1.29 is 22.7 Å². The van der Waals surface area contributed by atoms with Crippen molar-refractivity contribution in [1.82, 2.24) is 10.2 Å². The molecule has 10 heteroatoms. The van der Waals surface area contributed by atoms with Gasteiger partial charge in [-0.3, -0.25) is 14.5 Å². The lowest BCUT2D eigenvalue weighted by atomic mass is 10.2. The van der Waals surface area contributed by atoms with E-state index in [0.29, 0.717) is 21.4 Å². The highest BCUT2D eigenvalue weighted by atomic mass is 32.2. The highest BCUT2D eigenvalue weighted by molar-refractivity contribution is 8.26. The van der Waals surface area contributed by atoms with E-state index < -0.39 is 21.8 Å². The summed E-state index contributed by atoms with van der Waals surface area (Å²) in [6, 6.07) is 6.83. The Morgan fingerprint density at radius 1 is 1.48 bits per heavy atom. The van der Waals surface area contributed by atoms with E-state index in [1.54, 1.807) is 25.3 Å². The van der Waals surface area contributed by atoms with Gasteiger partial charge in [0.25, 0.3) is 5.91 Å². The van der Waals surface area contributed by atoms with E-state index in [4.69, 9.17) is 17.0 Å². The molecule has 0 aromatic heterocycles. The highest BCUT2D eigenvalue weighted by Crippen LogP contribution is 2.32. The molecule has 7 nitrogen and oxygen atoms in total. The molecule has 2 aliphatic heterocycles. The zero-order valence-electron chi connectivity index (χ0n) is 14.5. The van der Waals surface area contributed by atoms with Crippen molar-refractivity contribution in [3.63, 3.8) is 0 Å². The van der Waals surface area contributed by atoms with Crippen molar-refractivity contribution in [2.75, 3.05) is 25.2 Å². The average molecular weight is 427 g/mol. The van der Waals surface area contributed by atoms with E-state index in [1.165, 1.54) is 4.90 Å². The summed E-state index contributed by atoms with van der Waals surface area (Å²) in [5.41, 5.74) is 0.787. The van der Waals surface area contributed by atoms with Crippen LogP contribution in [-0.2, 0) is 19.4 Å². The number of carbonyl (C=O) groups excluding carboxylic acids is 2. The van der Waals surface area contributed by atoms with Gasteiger partial charge in [0.15, 0.2) is 9.84 Å². The number of rotatable bonds is 5. The number of thioether (sulfide) groups is 1. The Bertz CT molecular complexity index is 926. The van der Waals surface area contributed by atoms with Crippen LogP contribution in [-0.4, -0.2) is 60.7 Å². The lowest BCUT2D eigenvalue weighted by molar-refractivity contribution is -0.129. The Balaban J connectivity index is 1.65. The topological polar surface area (TPSA) is 92.8 Å². The number of sulfone groups is 1. The van der Waals surface area contributed by atoms with Gasteiger partial charge in [0.2, 0.25) is 5.91 Å². The third-order valence-electron chi connectivity index (χ3n) is 4.16. The van der Waals surface area contributed by atoms with Crippen LogP contribution in [0.4, 0.5) is 0 Å². The van der Waals surface area contributed by atoms with Gasteiger partial charge in [-0.25, -0.2) is 8.42 Å². The predicted molar refractivity (Wildman–Crippen MR) is 108 cm³/mol. The Morgan fingerprint density at radius 3 is 2.93 bits per heavy atom. The van der Waals surface area contributed by atoms with Gasteiger partial charge in [0.05, 0.1) is 23.5 Å². The normalized spacial score (nSPS) is 23.1. The first-order valence-corrected chi connectivity index (χ1v) is 11.2. The van der Waals surface area contributed by atoms with Gasteiger partial charge in [0, 0.05) is 6.04 Å². The van der Waals surface area contributed by atoms with Gasteiger partial charge in [0.1, 0.15) is 16.6 Å². The molecule has 1 aromatic carbocycles. The molecule has 0 unspecified atom stereocenters. The molecule has 2 fully saturated rings. The van der Waals surface area contributed by atoms with Crippen LogP contribution in [0.5, 0.6) is 5.75 Å². The lowest BCUT2D eigenvalue weighted by Crippen LogP contribution is -2.43. The number of thiocarbonyl (C=S) groups is 1. The summed E-state index contributed by atoms with van der Waals surface area (Å²) in [6.07, 6.45) is 2.09. The third-order valence-corrected chi connectivity index (χ3v) is 7.31. The minimum Gasteiger partial charge on any atom is -0.497 e. The quantitative estimate of drug-likeness (QED) is 0.559. The van der Waals surface area contributed by atoms with E-state index >= 15 is 0 Å². The van der Waals surface area contributed by atoms with E-state index in [9.17, 15) is 18.0 Å². The van der Waals surface area contributed by atoms with Gasteiger partial charge < -0.3 is 10.1 Å². The molecule has 1 aromatic rings. The fourth-order valence-corrected chi connectivity index (χ4v) is 5.77. The maximum Gasteiger partial charge on any atom is 0.266 e. The number of nitrogens with one attached hydrogen (secondary N) is 1. The lowest BCUT2D eigenvalue weighted by Gasteiger charge is -2.16. The van der Waals surface area contributed by atoms with E-state index in [-0.39, 0.29) is 24.0 Å². The maximum absolute atomic E-state index is 12.6. The second-order valence-corrected chi connectivity index (χ2v) is 10.1. The SMILES string of the molecule is COc1cccc(/C=C2\SC(=S)N(CC(=O)N[C@H]3CCS(=O)(=O)C3)C2=O)c1. The first kappa shape index (κ1) is 19.8. The maximum atomic E-state index is 12.6. The molecule has 1 atom stereocenters. The summed E-state index contributed by atoms with van der Waals surface area (Å²) in [6.45, 7) is -0.226. The zero-order valence-corrected chi connectivity index (χ0v) is 17.0. The number of nitrogens with zero attached hydrogens (tertiary/aromatic N) is 1. The third kappa shape index (κ3) is 4.88.